The lowest BCUT2D eigenvalue weighted by Gasteiger charge is -2.31. The summed E-state index contributed by atoms with van der Waals surface area (Å²) >= 11 is 0. The average molecular weight is 253 g/mol. The summed E-state index contributed by atoms with van der Waals surface area (Å²) in [5, 5.41) is 9.00. The van der Waals surface area contributed by atoms with E-state index in [0.717, 1.165) is 4.90 Å². The molecule has 1 amide bonds. The first-order valence-corrected chi connectivity index (χ1v) is 5.27. The number of hydrogen-bond donors (Lipinski definition) is 1. The Morgan fingerprint density at radius 1 is 1.41 bits per heavy atom. The maximum Gasteiger partial charge on any atom is 0.389 e. The number of carbonyl (C=O) groups is 2. The molecule has 0 spiro atoms. The van der Waals surface area contributed by atoms with E-state index in [9.17, 15) is 22.8 Å². The molecule has 1 fully saturated rings. The normalized spacial score (nSPS) is 25.1. The minimum atomic E-state index is -4.39. The number of carboxylic acid groups (broad SMARTS) is 1. The van der Waals surface area contributed by atoms with E-state index in [1.54, 1.807) is 0 Å². The van der Waals surface area contributed by atoms with E-state index in [2.05, 4.69) is 0 Å². The Morgan fingerprint density at radius 2 is 2.00 bits per heavy atom. The number of hydrogen-bond acceptors (Lipinski definition) is 2. The minimum absolute atomic E-state index is 0.208. The second-order valence-corrected chi connectivity index (χ2v) is 4.34. The van der Waals surface area contributed by atoms with Crippen LogP contribution in [0.3, 0.4) is 0 Å². The molecule has 1 aliphatic heterocycles. The SMILES string of the molecule is CC1(C(=O)O)CCCN1C(=O)CCC(F)(F)F. The maximum absolute atomic E-state index is 12.0. The quantitative estimate of drug-likeness (QED) is 0.834. The molecule has 0 aromatic rings. The molecule has 0 saturated carbocycles. The van der Waals surface area contributed by atoms with Gasteiger partial charge in [0.05, 0.1) is 6.42 Å². The predicted octanol–water partition coefficient (Wildman–Crippen LogP) is 1.79. The number of aliphatic carboxylic acids is 1. The van der Waals surface area contributed by atoms with E-state index < -0.39 is 36.4 Å². The van der Waals surface area contributed by atoms with Crippen molar-refractivity contribution in [1.29, 1.82) is 0 Å². The summed E-state index contributed by atoms with van der Waals surface area (Å²) in [4.78, 5) is 23.6. The Morgan fingerprint density at radius 3 is 2.47 bits per heavy atom. The van der Waals surface area contributed by atoms with Gasteiger partial charge in [-0.05, 0) is 19.8 Å². The zero-order chi connectivity index (χ0) is 13.3. The highest BCUT2D eigenvalue weighted by molar-refractivity contribution is 5.87. The van der Waals surface area contributed by atoms with Crippen LogP contribution in [0.1, 0.15) is 32.6 Å². The Bertz CT molecular complexity index is 329. The standard InChI is InChI=1S/C10H14F3NO3/c1-9(8(16)17)4-2-6-14(9)7(15)3-5-10(11,12)13/h2-6H2,1H3,(H,16,17). The zero-order valence-corrected chi connectivity index (χ0v) is 9.38. The van der Waals surface area contributed by atoms with Gasteiger partial charge in [-0.15, -0.1) is 0 Å². The van der Waals surface area contributed by atoms with Crippen molar-refractivity contribution in [3.63, 3.8) is 0 Å². The van der Waals surface area contributed by atoms with Gasteiger partial charge in [0.25, 0.3) is 0 Å². The molecule has 4 nitrogen and oxygen atoms in total. The van der Waals surface area contributed by atoms with Crippen molar-refractivity contribution in [1.82, 2.24) is 4.90 Å². The molecule has 1 unspecified atom stereocenters. The van der Waals surface area contributed by atoms with Gasteiger partial charge in [-0.25, -0.2) is 4.79 Å². The van der Waals surface area contributed by atoms with E-state index in [-0.39, 0.29) is 13.0 Å². The highest BCUT2D eigenvalue weighted by atomic mass is 19.4. The summed E-state index contributed by atoms with van der Waals surface area (Å²) in [6.07, 6.45) is -5.51. The van der Waals surface area contributed by atoms with Crippen molar-refractivity contribution in [3.05, 3.63) is 0 Å². The number of rotatable bonds is 3. The fourth-order valence-corrected chi connectivity index (χ4v) is 1.97. The number of halogens is 3. The first-order chi connectivity index (χ1) is 7.67. The number of carbonyl (C=O) groups excluding carboxylic acids is 1. The van der Waals surface area contributed by atoms with Crippen molar-refractivity contribution in [2.45, 2.75) is 44.3 Å². The predicted molar refractivity (Wildman–Crippen MR) is 52.3 cm³/mol. The van der Waals surface area contributed by atoms with Crippen molar-refractivity contribution in [2.75, 3.05) is 6.54 Å². The van der Waals surface area contributed by atoms with Crippen LogP contribution in [0.4, 0.5) is 13.2 Å². The number of carboxylic acids is 1. The molecule has 1 atom stereocenters. The van der Waals surface area contributed by atoms with Crippen molar-refractivity contribution in [2.24, 2.45) is 0 Å². The highest BCUT2D eigenvalue weighted by Gasteiger charge is 2.46. The Hall–Kier alpha value is -1.27. The molecule has 1 rings (SSSR count). The fourth-order valence-electron chi connectivity index (χ4n) is 1.97. The molecule has 1 aliphatic rings. The molecule has 0 aromatic heterocycles. The van der Waals surface area contributed by atoms with Gasteiger partial charge in [-0.3, -0.25) is 4.79 Å². The van der Waals surface area contributed by atoms with Crippen LogP contribution in [-0.4, -0.2) is 40.1 Å². The highest BCUT2D eigenvalue weighted by Crippen LogP contribution is 2.31. The molecule has 17 heavy (non-hydrogen) atoms. The van der Waals surface area contributed by atoms with Crippen LogP contribution in [0, 0.1) is 0 Å². The lowest BCUT2D eigenvalue weighted by molar-refractivity contribution is -0.159. The molecule has 98 valence electrons. The van der Waals surface area contributed by atoms with Gasteiger partial charge in [0.15, 0.2) is 0 Å². The lowest BCUT2D eigenvalue weighted by Crippen LogP contribution is -2.50. The number of likely N-dealkylation sites (tertiary alicyclic amines) is 1. The summed E-state index contributed by atoms with van der Waals surface area (Å²) in [7, 11) is 0. The maximum atomic E-state index is 12.0. The van der Waals surface area contributed by atoms with E-state index >= 15 is 0 Å². The van der Waals surface area contributed by atoms with Crippen LogP contribution in [0.5, 0.6) is 0 Å². The Labute approximate surface area is 96.4 Å². The lowest BCUT2D eigenvalue weighted by atomic mass is 9.99. The summed E-state index contributed by atoms with van der Waals surface area (Å²) in [6, 6.07) is 0. The van der Waals surface area contributed by atoms with E-state index in [4.69, 9.17) is 5.11 Å². The first-order valence-electron chi connectivity index (χ1n) is 5.27. The molecule has 1 saturated heterocycles. The largest absolute Gasteiger partial charge is 0.480 e. The molecule has 1 N–H and O–H groups in total. The average Bonchev–Trinajstić information content (AvgIpc) is 2.57. The van der Waals surface area contributed by atoms with Gasteiger partial charge in [-0.1, -0.05) is 0 Å². The molecule has 1 heterocycles. The Balaban J connectivity index is 2.66. The molecular formula is C10H14F3NO3. The molecule has 0 bridgehead atoms. The van der Waals surface area contributed by atoms with Crippen LogP contribution in [0.25, 0.3) is 0 Å². The molecule has 7 heteroatoms. The summed E-state index contributed by atoms with van der Waals surface area (Å²) in [6.45, 7) is 1.58. The third-order valence-corrected chi connectivity index (χ3v) is 3.03. The second-order valence-electron chi connectivity index (χ2n) is 4.34. The van der Waals surface area contributed by atoms with Gasteiger partial charge >= 0.3 is 12.1 Å². The second kappa shape index (κ2) is 4.54. The van der Waals surface area contributed by atoms with E-state index in [1.165, 1.54) is 6.92 Å². The zero-order valence-electron chi connectivity index (χ0n) is 9.38. The monoisotopic (exact) mass is 253 g/mol. The smallest absolute Gasteiger partial charge is 0.389 e. The minimum Gasteiger partial charge on any atom is -0.480 e. The molecular weight excluding hydrogens is 239 g/mol. The van der Waals surface area contributed by atoms with Crippen LogP contribution in [0.2, 0.25) is 0 Å². The first kappa shape index (κ1) is 13.8. The number of amides is 1. The van der Waals surface area contributed by atoms with Crippen molar-refractivity contribution in [3.8, 4) is 0 Å². The topological polar surface area (TPSA) is 57.6 Å². The van der Waals surface area contributed by atoms with Gasteiger partial charge < -0.3 is 10.0 Å². The summed E-state index contributed by atoms with van der Waals surface area (Å²) in [5.41, 5.74) is -1.36. The van der Waals surface area contributed by atoms with E-state index in [1.807, 2.05) is 0 Å². The van der Waals surface area contributed by atoms with Crippen LogP contribution >= 0.6 is 0 Å². The van der Waals surface area contributed by atoms with Gasteiger partial charge in [0.1, 0.15) is 5.54 Å². The van der Waals surface area contributed by atoms with Gasteiger partial charge in [0.2, 0.25) is 5.91 Å². The number of nitrogens with zero attached hydrogens (tertiary/aromatic N) is 1. The van der Waals surface area contributed by atoms with Gasteiger partial charge in [0, 0.05) is 13.0 Å². The van der Waals surface area contributed by atoms with Crippen molar-refractivity contribution >= 4 is 11.9 Å². The molecule has 0 radical (unpaired) electrons. The molecule has 0 aromatic carbocycles. The van der Waals surface area contributed by atoms with Gasteiger partial charge in [-0.2, -0.15) is 13.2 Å². The van der Waals surface area contributed by atoms with E-state index in [0.29, 0.717) is 6.42 Å². The third kappa shape index (κ3) is 3.10. The molecule has 0 aliphatic carbocycles. The summed E-state index contributed by atoms with van der Waals surface area (Å²) < 4.78 is 35.9. The van der Waals surface area contributed by atoms with Crippen molar-refractivity contribution < 1.29 is 27.9 Å². The summed E-state index contributed by atoms with van der Waals surface area (Å²) in [5.74, 6) is -1.92. The fraction of sp³-hybridized carbons (Fsp3) is 0.800. The third-order valence-electron chi connectivity index (χ3n) is 3.03. The Kier molecular flexibility index (Phi) is 3.68. The van der Waals surface area contributed by atoms with Crippen LogP contribution in [0.15, 0.2) is 0 Å². The number of alkyl halides is 3. The van der Waals surface area contributed by atoms with Crippen LogP contribution < -0.4 is 0 Å². The van der Waals surface area contributed by atoms with Crippen LogP contribution in [-0.2, 0) is 9.59 Å².